The number of hydrogen-bond donors (Lipinski definition) is 2. The Hall–Kier alpha value is -2.07. The highest BCUT2D eigenvalue weighted by Crippen LogP contribution is 2.17. The average molecular weight is 290 g/mol. The normalized spacial score (nSPS) is 10.2. The topological polar surface area (TPSA) is 54.0 Å². The third kappa shape index (κ3) is 3.71. The summed E-state index contributed by atoms with van der Waals surface area (Å²) in [4.78, 5) is 16.3. The summed E-state index contributed by atoms with van der Waals surface area (Å²) in [5, 5.41) is 6.17. The molecule has 0 saturated carbocycles. The average Bonchev–Trinajstić information content (AvgIpc) is 2.38. The number of halogens is 1. The van der Waals surface area contributed by atoms with Gasteiger partial charge in [-0.05, 0) is 43.7 Å². The predicted molar refractivity (Wildman–Crippen MR) is 82.5 cm³/mol. The molecular weight excluding hydrogens is 274 g/mol. The van der Waals surface area contributed by atoms with Crippen molar-refractivity contribution >= 4 is 29.0 Å². The molecule has 0 atom stereocenters. The van der Waals surface area contributed by atoms with Crippen LogP contribution in [0.25, 0.3) is 0 Å². The number of carbonyl (C=O) groups is 1. The van der Waals surface area contributed by atoms with Crippen LogP contribution in [0.2, 0.25) is 5.15 Å². The molecule has 4 nitrogen and oxygen atoms in total. The first-order chi connectivity index (χ1) is 9.58. The lowest BCUT2D eigenvalue weighted by Crippen LogP contribution is -2.13. The van der Waals surface area contributed by atoms with Crippen LogP contribution >= 0.6 is 11.6 Å². The van der Waals surface area contributed by atoms with Crippen LogP contribution in [0.4, 0.5) is 11.5 Å². The monoisotopic (exact) mass is 289 g/mol. The zero-order valence-corrected chi connectivity index (χ0v) is 12.2. The quantitative estimate of drug-likeness (QED) is 0.843. The Morgan fingerprint density at radius 1 is 1.30 bits per heavy atom. The summed E-state index contributed by atoms with van der Waals surface area (Å²) in [7, 11) is 0. The Labute approximate surface area is 123 Å². The molecule has 2 rings (SSSR count). The molecular formula is C15H16ClN3O. The number of hydrogen-bond acceptors (Lipinski definition) is 3. The Morgan fingerprint density at radius 2 is 2.10 bits per heavy atom. The third-order valence-electron chi connectivity index (χ3n) is 2.69. The van der Waals surface area contributed by atoms with Gasteiger partial charge >= 0.3 is 0 Å². The molecule has 5 heteroatoms. The Morgan fingerprint density at radius 3 is 2.80 bits per heavy atom. The molecule has 1 aromatic carbocycles. The van der Waals surface area contributed by atoms with Gasteiger partial charge in [-0.15, -0.1) is 0 Å². The summed E-state index contributed by atoms with van der Waals surface area (Å²) >= 11 is 5.93. The summed E-state index contributed by atoms with van der Waals surface area (Å²) in [5.74, 6) is 0.383. The first kappa shape index (κ1) is 14.3. The van der Waals surface area contributed by atoms with E-state index in [-0.39, 0.29) is 11.1 Å². The van der Waals surface area contributed by atoms with E-state index in [1.807, 2.05) is 38.1 Å². The number of aromatic nitrogens is 1. The lowest BCUT2D eigenvalue weighted by molar-refractivity contribution is 0.102. The third-order valence-corrected chi connectivity index (χ3v) is 2.88. The summed E-state index contributed by atoms with van der Waals surface area (Å²) < 4.78 is 0. The molecule has 104 valence electrons. The fraction of sp³-hybridized carbons (Fsp3) is 0.200. The van der Waals surface area contributed by atoms with E-state index in [0.29, 0.717) is 17.9 Å². The number of pyridine rings is 1. The van der Waals surface area contributed by atoms with Crippen LogP contribution in [-0.2, 0) is 0 Å². The molecule has 0 fully saturated rings. The van der Waals surface area contributed by atoms with E-state index in [9.17, 15) is 4.79 Å². The highest BCUT2D eigenvalue weighted by Gasteiger charge is 2.09. The number of nitrogens with zero attached hydrogens (tertiary/aromatic N) is 1. The number of nitrogens with one attached hydrogen (secondary N) is 2. The number of benzene rings is 1. The minimum Gasteiger partial charge on any atom is -0.370 e. The van der Waals surface area contributed by atoms with E-state index in [1.165, 1.54) is 0 Å². The summed E-state index contributed by atoms with van der Waals surface area (Å²) in [6, 6.07) is 10.9. The van der Waals surface area contributed by atoms with Crippen molar-refractivity contribution in [3.8, 4) is 0 Å². The van der Waals surface area contributed by atoms with Crippen molar-refractivity contribution in [2.75, 3.05) is 17.2 Å². The van der Waals surface area contributed by atoms with Crippen molar-refractivity contribution in [1.29, 1.82) is 0 Å². The smallest absolute Gasteiger partial charge is 0.255 e. The van der Waals surface area contributed by atoms with Crippen LogP contribution < -0.4 is 10.6 Å². The van der Waals surface area contributed by atoms with Crippen LogP contribution in [0.1, 0.15) is 22.8 Å². The van der Waals surface area contributed by atoms with Crippen LogP contribution in [-0.4, -0.2) is 17.4 Å². The molecule has 0 aliphatic carbocycles. The van der Waals surface area contributed by atoms with Gasteiger partial charge in [-0.2, -0.15) is 0 Å². The molecule has 1 amide bonds. The molecule has 2 aromatic rings. The zero-order chi connectivity index (χ0) is 14.5. The highest BCUT2D eigenvalue weighted by atomic mass is 35.5. The van der Waals surface area contributed by atoms with Crippen LogP contribution in [0, 0.1) is 6.92 Å². The summed E-state index contributed by atoms with van der Waals surface area (Å²) in [5.41, 5.74) is 2.32. The summed E-state index contributed by atoms with van der Waals surface area (Å²) in [6.07, 6.45) is 0. The van der Waals surface area contributed by atoms with Crippen LogP contribution in [0.15, 0.2) is 36.4 Å². The van der Waals surface area contributed by atoms with Gasteiger partial charge in [-0.3, -0.25) is 4.79 Å². The Balaban J connectivity index is 2.20. The minimum atomic E-state index is -0.209. The Kier molecular flexibility index (Phi) is 4.58. The first-order valence-corrected chi connectivity index (χ1v) is 6.76. The van der Waals surface area contributed by atoms with Crippen molar-refractivity contribution in [3.63, 3.8) is 0 Å². The van der Waals surface area contributed by atoms with Crippen molar-refractivity contribution < 1.29 is 4.79 Å². The van der Waals surface area contributed by atoms with Crippen molar-refractivity contribution in [3.05, 3.63) is 52.7 Å². The second kappa shape index (κ2) is 6.39. The molecule has 0 aliphatic rings. The fourth-order valence-corrected chi connectivity index (χ4v) is 2.03. The summed E-state index contributed by atoms with van der Waals surface area (Å²) in [6.45, 7) is 4.64. The van der Waals surface area contributed by atoms with Gasteiger partial charge in [-0.1, -0.05) is 23.7 Å². The lowest BCUT2D eigenvalue weighted by Gasteiger charge is -2.08. The van der Waals surface area contributed by atoms with E-state index in [1.54, 1.807) is 12.1 Å². The second-order valence-electron chi connectivity index (χ2n) is 4.42. The van der Waals surface area contributed by atoms with E-state index < -0.39 is 0 Å². The minimum absolute atomic E-state index is 0.209. The second-order valence-corrected chi connectivity index (χ2v) is 4.80. The maximum Gasteiger partial charge on any atom is 0.255 e. The van der Waals surface area contributed by atoms with E-state index >= 15 is 0 Å². The number of carbonyl (C=O) groups excluding carboxylic acids is 1. The van der Waals surface area contributed by atoms with Gasteiger partial charge < -0.3 is 10.6 Å². The molecule has 0 unspecified atom stereocenters. The van der Waals surface area contributed by atoms with Gasteiger partial charge in [0.15, 0.2) is 0 Å². The van der Waals surface area contributed by atoms with E-state index in [2.05, 4.69) is 15.6 Å². The standard InChI is InChI=1S/C15H16ClN3O/c1-3-17-14-9-11(8-13(16)19-14)15(20)18-12-6-4-5-10(2)7-12/h4-9H,3H2,1-2H3,(H,17,19)(H,18,20). The van der Waals surface area contributed by atoms with Gasteiger partial charge in [0.2, 0.25) is 0 Å². The molecule has 0 radical (unpaired) electrons. The molecule has 0 aliphatic heterocycles. The molecule has 0 spiro atoms. The van der Waals surface area contributed by atoms with E-state index in [0.717, 1.165) is 11.3 Å². The van der Waals surface area contributed by atoms with Gasteiger partial charge in [-0.25, -0.2) is 4.98 Å². The fourth-order valence-electron chi connectivity index (χ4n) is 1.83. The molecule has 0 bridgehead atoms. The van der Waals surface area contributed by atoms with Crippen LogP contribution in [0.5, 0.6) is 0 Å². The molecule has 1 heterocycles. The molecule has 0 saturated heterocycles. The molecule has 2 N–H and O–H groups in total. The molecule has 1 aromatic heterocycles. The number of anilines is 2. The predicted octanol–water partition coefficient (Wildman–Crippen LogP) is 3.73. The number of amides is 1. The SMILES string of the molecule is CCNc1cc(C(=O)Nc2cccc(C)c2)cc(Cl)n1. The van der Waals surface area contributed by atoms with Gasteiger partial charge in [0.05, 0.1) is 0 Å². The van der Waals surface area contributed by atoms with Gasteiger partial charge in [0.1, 0.15) is 11.0 Å². The lowest BCUT2D eigenvalue weighted by atomic mass is 10.2. The van der Waals surface area contributed by atoms with E-state index in [4.69, 9.17) is 11.6 Å². The van der Waals surface area contributed by atoms with Crippen LogP contribution in [0.3, 0.4) is 0 Å². The van der Waals surface area contributed by atoms with Crippen molar-refractivity contribution in [2.45, 2.75) is 13.8 Å². The van der Waals surface area contributed by atoms with Crippen molar-refractivity contribution in [2.24, 2.45) is 0 Å². The maximum absolute atomic E-state index is 12.2. The number of aryl methyl sites for hydroxylation is 1. The van der Waals surface area contributed by atoms with Gasteiger partial charge in [0.25, 0.3) is 5.91 Å². The number of rotatable bonds is 4. The first-order valence-electron chi connectivity index (χ1n) is 6.38. The Bertz CT molecular complexity index is 628. The zero-order valence-electron chi connectivity index (χ0n) is 11.4. The van der Waals surface area contributed by atoms with Gasteiger partial charge in [0, 0.05) is 17.8 Å². The highest BCUT2D eigenvalue weighted by molar-refractivity contribution is 6.30. The maximum atomic E-state index is 12.2. The van der Waals surface area contributed by atoms with Crippen molar-refractivity contribution in [1.82, 2.24) is 4.98 Å². The largest absolute Gasteiger partial charge is 0.370 e. The molecule has 20 heavy (non-hydrogen) atoms.